The standard InChI is InChI=1S/C15H14N2O.ClH/c1-11-9-12-5-2-3-7-14(12)17(11)15(18)13-6-4-8-16-10-13;/h2-8,10-11H,9H2,1H3;1H. The Bertz CT molecular complexity index is 586. The molecule has 1 amide bonds. The normalized spacial score (nSPS) is 16.7. The first-order valence-corrected chi connectivity index (χ1v) is 6.09. The molecule has 0 spiro atoms. The zero-order chi connectivity index (χ0) is 12.5. The summed E-state index contributed by atoms with van der Waals surface area (Å²) in [5.74, 6) is 0.0283. The maximum absolute atomic E-state index is 12.5. The fourth-order valence-electron chi connectivity index (χ4n) is 2.50. The molecule has 1 aromatic carbocycles. The number of para-hydroxylation sites is 1. The van der Waals surface area contributed by atoms with Crippen LogP contribution >= 0.6 is 12.4 Å². The number of amides is 1. The van der Waals surface area contributed by atoms with Crippen LogP contribution in [0.25, 0.3) is 0 Å². The Morgan fingerprint density at radius 3 is 2.79 bits per heavy atom. The summed E-state index contributed by atoms with van der Waals surface area (Å²) in [5, 5.41) is 0. The van der Waals surface area contributed by atoms with Crippen LogP contribution in [0.15, 0.2) is 48.8 Å². The third-order valence-electron chi connectivity index (χ3n) is 3.33. The Kier molecular flexibility index (Phi) is 3.86. The van der Waals surface area contributed by atoms with Crippen molar-refractivity contribution in [3.8, 4) is 0 Å². The molecule has 1 aliphatic rings. The lowest BCUT2D eigenvalue weighted by molar-refractivity contribution is 0.0981. The molecule has 0 N–H and O–H groups in total. The van der Waals surface area contributed by atoms with Crippen molar-refractivity contribution in [2.45, 2.75) is 19.4 Å². The summed E-state index contributed by atoms with van der Waals surface area (Å²) in [6.45, 7) is 2.08. The summed E-state index contributed by atoms with van der Waals surface area (Å²) in [4.78, 5) is 18.4. The van der Waals surface area contributed by atoms with Gasteiger partial charge in [-0.2, -0.15) is 0 Å². The number of halogens is 1. The van der Waals surface area contributed by atoms with Gasteiger partial charge in [-0.3, -0.25) is 9.78 Å². The number of carbonyl (C=O) groups is 1. The average molecular weight is 275 g/mol. The van der Waals surface area contributed by atoms with Crippen molar-refractivity contribution >= 4 is 24.0 Å². The molecule has 1 aromatic heterocycles. The molecule has 2 aromatic rings. The van der Waals surface area contributed by atoms with Crippen molar-refractivity contribution < 1.29 is 4.79 Å². The first kappa shape index (κ1) is 13.6. The molecule has 1 atom stereocenters. The second-order valence-electron chi connectivity index (χ2n) is 4.60. The van der Waals surface area contributed by atoms with E-state index >= 15 is 0 Å². The topological polar surface area (TPSA) is 33.2 Å². The van der Waals surface area contributed by atoms with E-state index in [1.165, 1.54) is 5.56 Å². The van der Waals surface area contributed by atoms with Crippen LogP contribution in [-0.4, -0.2) is 16.9 Å². The van der Waals surface area contributed by atoms with Crippen LogP contribution < -0.4 is 4.90 Å². The molecule has 3 rings (SSSR count). The fraction of sp³-hybridized carbons (Fsp3) is 0.200. The highest BCUT2D eigenvalue weighted by atomic mass is 35.5. The third-order valence-corrected chi connectivity index (χ3v) is 3.33. The lowest BCUT2D eigenvalue weighted by atomic mass is 10.1. The number of anilines is 1. The van der Waals surface area contributed by atoms with E-state index in [4.69, 9.17) is 0 Å². The van der Waals surface area contributed by atoms with Crippen molar-refractivity contribution in [1.29, 1.82) is 0 Å². The molecule has 3 nitrogen and oxygen atoms in total. The van der Waals surface area contributed by atoms with Crippen LogP contribution in [0.1, 0.15) is 22.8 Å². The van der Waals surface area contributed by atoms with Crippen LogP contribution in [0.2, 0.25) is 0 Å². The molecule has 0 radical (unpaired) electrons. The summed E-state index contributed by atoms with van der Waals surface area (Å²) < 4.78 is 0. The molecule has 98 valence electrons. The molecule has 19 heavy (non-hydrogen) atoms. The van der Waals surface area contributed by atoms with Crippen LogP contribution in [0.3, 0.4) is 0 Å². The Labute approximate surface area is 118 Å². The molecule has 0 saturated heterocycles. The third kappa shape index (κ3) is 2.34. The average Bonchev–Trinajstić information content (AvgIpc) is 2.75. The second kappa shape index (κ2) is 5.41. The highest BCUT2D eigenvalue weighted by Gasteiger charge is 2.31. The van der Waals surface area contributed by atoms with Gasteiger partial charge >= 0.3 is 0 Å². The van der Waals surface area contributed by atoms with E-state index in [0.717, 1.165) is 12.1 Å². The molecule has 1 unspecified atom stereocenters. The molecule has 4 heteroatoms. The largest absolute Gasteiger partial charge is 0.305 e. The van der Waals surface area contributed by atoms with E-state index in [-0.39, 0.29) is 24.4 Å². The Hall–Kier alpha value is -1.87. The van der Waals surface area contributed by atoms with Gasteiger partial charge in [-0.25, -0.2) is 0 Å². The molecule has 0 saturated carbocycles. The quantitative estimate of drug-likeness (QED) is 0.801. The van der Waals surface area contributed by atoms with Gasteiger partial charge in [0.1, 0.15) is 0 Å². The number of hydrogen-bond donors (Lipinski definition) is 0. The van der Waals surface area contributed by atoms with Gasteiger partial charge in [-0.05, 0) is 37.1 Å². The number of nitrogens with zero attached hydrogens (tertiary/aromatic N) is 2. The number of fused-ring (bicyclic) bond motifs is 1. The zero-order valence-electron chi connectivity index (χ0n) is 10.6. The van der Waals surface area contributed by atoms with Gasteiger partial charge in [0.15, 0.2) is 0 Å². The Balaban J connectivity index is 0.00000133. The van der Waals surface area contributed by atoms with Crippen molar-refractivity contribution in [1.82, 2.24) is 4.98 Å². The predicted molar refractivity (Wildman–Crippen MR) is 77.9 cm³/mol. The lowest BCUT2D eigenvalue weighted by Gasteiger charge is -2.22. The molecular weight excluding hydrogens is 260 g/mol. The Morgan fingerprint density at radius 2 is 2.05 bits per heavy atom. The van der Waals surface area contributed by atoms with E-state index in [1.54, 1.807) is 18.5 Å². The molecule has 1 aliphatic heterocycles. The molecule has 0 aliphatic carbocycles. The molecule has 2 heterocycles. The summed E-state index contributed by atoms with van der Waals surface area (Å²) in [6.07, 6.45) is 4.22. The highest BCUT2D eigenvalue weighted by molar-refractivity contribution is 6.07. The first-order valence-electron chi connectivity index (χ1n) is 6.09. The minimum absolute atomic E-state index is 0. The van der Waals surface area contributed by atoms with Gasteiger partial charge in [0, 0.05) is 24.1 Å². The van der Waals surface area contributed by atoms with Crippen LogP contribution in [0.5, 0.6) is 0 Å². The highest BCUT2D eigenvalue weighted by Crippen LogP contribution is 2.32. The van der Waals surface area contributed by atoms with E-state index < -0.39 is 0 Å². The number of benzene rings is 1. The lowest BCUT2D eigenvalue weighted by Crippen LogP contribution is -2.35. The number of pyridine rings is 1. The van der Waals surface area contributed by atoms with E-state index in [1.807, 2.05) is 29.2 Å². The number of carbonyl (C=O) groups excluding carboxylic acids is 1. The van der Waals surface area contributed by atoms with Gasteiger partial charge in [0.05, 0.1) is 5.56 Å². The number of rotatable bonds is 1. The molecular formula is C15H15ClN2O. The van der Waals surface area contributed by atoms with Gasteiger partial charge in [-0.15, -0.1) is 12.4 Å². The van der Waals surface area contributed by atoms with Crippen molar-refractivity contribution in [3.63, 3.8) is 0 Å². The van der Waals surface area contributed by atoms with E-state index in [0.29, 0.717) is 5.56 Å². The van der Waals surface area contributed by atoms with E-state index in [2.05, 4.69) is 18.0 Å². The summed E-state index contributed by atoms with van der Waals surface area (Å²) in [6, 6.07) is 11.9. The summed E-state index contributed by atoms with van der Waals surface area (Å²) in [5.41, 5.74) is 2.90. The Morgan fingerprint density at radius 1 is 1.26 bits per heavy atom. The predicted octanol–water partition coefficient (Wildman–Crippen LogP) is 3.09. The minimum atomic E-state index is 0. The molecule has 0 fully saturated rings. The summed E-state index contributed by atoms with van der Waals surface area (Å²) in [7, 11) is 0. The van der Waals surface area contributed by atoms with Gasteiger partial charge in [0.25, 0.3) is 5.91 Å². The van der Waals surface area contributed by atoms with Crippen molar-refractivity contribution in [3.05, 3.63) is 59.9 Å². The van der Waals surface area contributed by atoms with Gasteiger partial charge in [0.2, 0.25) is 0 Å². The maximum atomic E-state index is 12.5. The van der Waals surface area contributed by atoms with Crippen LogP contribution in [-0.2, 0) is 6.42 Å². The minimum Gasteiger partial charge on any atom is -0.305 e. The van der Waals surface area contributed by atoms with Crippen LogP contribution in [0, 0.1) is 0 Å². The number of aromatic nitrogens is 1. The number of hydrogen-bond acceptors (Lipinski definition) is 2. The smallest absolute Gasteiger partial charge is 0.260 e. The second-order valence-corrected chi connectivity index (χ2v) is 4.60. The monoisotopic (exact) mass is 274 g/mol. The van der Waals surface area contributed by atoms with Gasteiger partial charge in [-0.1, -0.05) is 18.2 Å². The first-order chi connectivity index (χ1) is 8.77. The molecule has 0 bridgehead atoms. The maximum Gasteiger partial charge on any atom is 0.260 e. The van der Waals surface area contributed by atoms with Crippen molar-refractivity contribution in [2.24, 2.45) is 0 Å². The van der Waals surface area contributed by atoms with Crippen molar-refractivity contribution in [2.75, 3.05) is 4.90 Å². The fourth-order valence-corrected chi connectivity index (χ4v) is 2.50. The zero-order valence-corrected chi connectivity index (χ0v) is 11.4. The van der Waals surface area contributed by atoms with Crippen LogP contribution in [0.4, 0.5) is 5.69 Å². The SMILES string of the molecule is CC1Cc2ccccc2N1C(=O)c1cccnc1.Cl. The van der Waals surface area contributed by atoms with Gasteiger partial charge < -0.3 is 4.90 Å². The summed E-state index contributed by atoms with van der Waals surface area (Å²) >= 11 is 0. The van der Waals surface area contributed by atoms with E-state index in [9.17, 15) is 4.79 Å².